The van der Waals surface area contributed by atoms with Crippen LogP contribution in [0.2, 0.25) is 0 Å². The Hall–Kier alpha value is -5.00. The maximum Gasteiger partial charge on any atom is 0.224 e. The fraction of sp³-hybridized carbons (Fsp3) is 0.192. The molecule has 6 aromatic heterocycles. The highest BCUT2D eigenvalue weighted by atomic mass is 19.1. The van der Waals surface area contributed by atoms with Gasteiger partial charge in [-0.1, -0.05) is 13.8 Å². The molecule has 38 heavy (non-hydrogen) atoms. The number of nitrogens with one attached hydrogen (secondary N) is 3. The third-order valence-electron chi connectivity index (χ3n) is 6.01. The van der Waals surface area contributed by atoms with E-state index < -0.39 is 5.82 Å². The van der Waals surface area contributed by atoms with Crippen molar-refractivity contribution in [3.63, 3.8) is 0 Å². The second kappa shape index (κ2) is 9.14. The van der Waals surface area contributed by atoms with Crippen LogP contribution in [0, 0.1) is 18.7 Å². The van der Waals surface area contributed by atoms with Crippen LogP contribution in [-0.4, -0.2) is 50.6 Å². The average molecular weight is 511 g/mol. The Kier molecular flexibility index (Phi) is 5.63. The zero-order valence-electron chi connectivity index (χ0n) is 20.8. The summed E-state index contributed by atoms with van der Waals surface area (Å²) in [7, 11) is 0. The molecule has 190 valence electrons. The summed E-state index contributed by atoms with van der Waals surface area (Å²) >= 11 is 0. The van der Waals surface area contributed by atoms with Crippen molar-refractivity contribution in [1.29, 1.82) is 0 Å². The van der Waals surface area contributed by atoms with E-state index >= 15 is 4.39 Å². The van der Waals surface area contributed by atoms with Crippen LogP contribution in [0.4, 0.5) is 10.1 Å². The summed E-state index contributed by atoms with van der Waals surface area (Å²) in [6, 6.07) is 3.48. The van der Waals surface area contributed by atoms with Crippen molar-refractivity contribution >= 4 is 33.7 Å². The van der Waals surface area contributed by atoms with Crippen molar-refractivity contribution in [3.8, 4) is 28.5 Å². The second-order valence-electron chi connectivity index (χ2n) is 9.43. The summed E-state index contributed by atoms with van der Waals surface area (Å²) < 4.78 is 17.9. The summed E-state index contributed by atoms with van der Waals surface area (Å²) in [5, 5.41) is 10.2. The maximum absolute atomic E-state index is 16.0. The molecule has 12 heteroatoms. The number of hydrogen-bond acceptors (Lipinski definition) is 7. The van der Waals surface area contributed by atoms with E-state index in [4.69, 9.17) is 4.98 Å². The molecule has 0 saturated carbocycles. The molecule has 0 saturated heterocycles. The van der Waals surface area contributed by atoms with Crippen LogP contribution in [0.3, 0.4) is 0 Å². The predicted molar refractivity (Wildman–Crippen MR) is 140 cm³/mol. The van der Waals surface area contributed by atoms with E-state index in [-0.39, 0.29) is 22.9 Å². The van der Waals surface area contributed by atoms with Crippen molar-refractivity contribution in [2.75, 3.05) is 5.32 Å². The molecular weight excluding hydrogens is 487 g/mol. The molecule has 11 nitrogen and oxygen atoms in total. The Balaban J connectivity index is 1.42. The van der Waals surface area contributed by atoms with Gasteiger partial charge < -0.3 is 14.9 Å². The van der Waals surface area contributed by atoms with Gasteiger partial charge in [0.15, 0.2) is 17.3 Å². The minimum Gasteiger partial charge on any atom is -0.325 e. The highest BCUT2D eigenvalue weighted by Gasteiger charge is 2.22. The lowest BCUT2D eigenvalue weighted by atomic mass is 10.1. The number of hydrogen-bond donors (Lipinski definition) is 3. The van der Waals surface area contributed by atoms with Gasteiger partial charge in [0.1, 0.15) is 16.9 Å². The molecule has 0 aromatic carbocycles. The zero-order chi connectivity index (χ0) is 26.4. The molecule has 0 aliphatic heterocycles. The minimum absolute atomic E-state index is 0.0800. The Labute approximate surface area is 215 Å². The number of carbonyl (C=O) groups excluding carboxylic acids is 1. The summed E-state index contributed by atoms with van der Waals surface area (Å²) in [5.74, 6) is -0.158. The van der Waals surface area contributed by atoms with Gasteiger partial charge in [0, 0.05) is 30.6 Å². The largest absolute Gasteiger partial charge is 0.325 e. The molecule has 0 aliphatic rings. The molecule has 0 spiro atoms. The molecule has 6 rings (SSSR count). The van der Waals surface area contributed by atoms with E-state index in [0.717, 1.165) is 11.4 Å². The van der Waals surface area contributed by atoms with Gasteiger partial charge in [-0.25, -0.2) is 19.3 Å². The number of fused-ring (bicyclic) bond motifs is 2. The van der Waals surface area contributed by atoms with Gasteiger partial charge in [0.25, 0.3) is 0 Å². The first-order valence-electron chi connectivity index (χ1n) is 12.0. The highest BCUT2D eigenvalue weighted by molar-refractivity contribution is 5.96. The first-order chi connectivity index (χ1) is 18.4. The first kappa shape index (κ1) is 23.4. The number of nitrogens with zero attached hydrogens (tertiary/aromatic N) is 7. The van der Waals surface area contributed by atoms with E-state index in [1.165, 1.54) is 18.6 Å². The number of halogens is 1. The van der Waals surface area contributed by atoms with E-state index in [1.807, 2.05) is 37.6 Å². The van der Waals surface area contributed by atoms with Crippen molar-refractivity contribution < 1.29 is 9.18 Å². The summed E-state index contributed by atoms with van der Waals surface area (Å²) in [6.45, 7) is 5.82. The number of H-pyrrole nitrogens is 2. The van der Waals surface area contributed by atoms with Crippen molar-refractivity contribution in [2.24, 2.45) is 5.92 Å². The highest BCUT2D eigenvalue weighted by Crippen LogP contribution is 2.33. The van der Waals surface area contributed by atoms with Gasteiger partial charge in [-0.2, -0.15) is 5.10 Å². The smallest absolute Gasteiger partial charge is 0.224 e. The third-order valence-corrected chi connectivity index (χ3v) is 6.01. The summed E-state index contributed by atoms with van der Waals surface area (Å²) in [6.07, 6.45) is 10.2. The fourth-order valence-electron chi connectivity index (χ4n) is 4.34. The monoisotopic (exact) mass is 510 g/mol. The molecule has 0 atom stereocenters. The summed E-state index contributed by atoms with van der Waals surface area (Å²) in [4.78, 5) is 37.2. The van der Waals surface area contributed by atoms with E-state index in [0.29, 0.717) is 45.9 Å². The Morgan fingerprint density at radius 1 is 1.16 bits per heavy atom. The van der Waals surface area contributed by atoms with E-state index in [1.54, 1.807) is 18.6 Å². The fourth-order valence-corrected chi connectivity index (χ4v) is 4.34. The minimum atomic E-state index is -0.586. The molecule has 0 radical (unpaired) electrons. The van der Waals surface area contributed by atoms with E-state index in [9.17, 15) is 4.79 Å². The van der Waals surface area contributed by atoms with Crippen molar-refractivity contribution in [1.82, 2.24) is 44.7 Å². The number of amides is 1. The predicted octanol–water partition coefficient (Wildman–Crippen LogP) is 4.58. The topological polar surface area (TPSA) is 143 Å². The van der Waals surface area contributed by atoms with Gasteiger partial charge in [-0.15, -0.1) is 0 Å². The molecular formula is C26H23FN10O. The van der Waals surface area contributed by atoms with Crippen LogP contribution in [0.5, 0.6) is 0 Å². The lowest BCUT2D eigenvalue weighted by Crippen LogP contribution is -2.14. The number of rotatable bonds is 6. The number of pyridine rings is 3. The molecule has 3 N–H and O–H groups in total. The maximum atomic E-state index is 16.0. The molecule has 0 fully saturated rings. The van der Waals surface area contributed by atoms with Crippen molar-refractivity contribution in [2.45, 2.75) is 27.2 Å². The lowest BCUT2D eigenvalue weighted by molar-refractivity contribution is -0.116. The first-order valence-corrected chi connectivity index (χ1v) is 12.0. The van der Waals surface area contributed by atoms with Crippen LogP contribution in [-0.2, 0) is 4.79 Å². The number of anilines is 1. The Morgan fingerprint density at radius 3 is 2.82 bits per heavy atom. The number of aromatic nitrogens is 9. The number of aromatic amines is 2. The molecule has 1 amide bonds. The van der Waals surface area contributed by atoms with Crippen LogP contribution in [0.1, 0.15) is 26.0 Å². The van der Waals surface area contributed by atoms with Crippen LogP contribution < -0.4 is 5.32 Å². The normalized spacial score (nSPS) is 11.6. The third kappa shape index (κ3) is 4.15. The SMILES string of the molecule is Cc1cn(-c2ccnc3[nH]c(-c4n[nH]c5cnc(-c6cncc(NC(=O)CC(C)C)c6)c(F)c45)nc23)cn1. The quantitative estimate of drug-likeness (QED) is 0.298. The molecule has 0 aliphatic carbocycles. The van der Waals surface area contributed by atoms with Crippen LogP contribution in [0.25, 0.3) is 50.5 Å². The average Bonchev–Trinajstić information content (AvgIpc) is 3.61. The van der Waals surface area contributed by atoms with Gasteiger partial charge in [0.2, 0.25) is 5.91 Å². The van der Waals surface area contributed by atoms with Gasteiger partial charge in [-0.05, 0) is 25.0 Å². The number of aryl methyl sites for hydroxylation is 1. The molecule has 6 aromatic rings. The van der Waals surface area contributed by atoms with E-state index in [2.05, 4.69) is 40.4 Å². The molecule has 0 bridgehead atoms. The number of carbonyl (C=O) groups is 1. The van der Waals surface area contributed by atoms with Gasteiger partial charge in [0.05, 0.1) is 46.7 Å². The van der Waals surface area contributed by atoms with Crippen LogP contribution in [0.15, 0.2) is 49.4 Å². The Bertz CT molecular complexity index is 1820. The lowest BCUT2D eigenvalue weighted by Gasteiger charge is -2.09. The summed E-state index contributed by atoms with van der Waals surface area (Å²) in [5.41, 5.74) is 4.44. The Morgan fingerprint density at radius 2 is 2.03 bits per heavy atom. The zero-order valence-corrected chi connectivity index (χ0v) is 20.8. The second-order valence-corrected chi connectivity index (χ2v) is 9.43. The number of imidazole rings is 2. The molecule has 6 heterocycles. The standard InChI is InChI=1S/C26H23FN10O/c1-13(2)6-19(38)32-16-7-15(8-28-9-16)22-21(27)20-17(10-30-22)35-36-24(20)26-33-23-18(4-5-29-25(23)34-26)37-11-14(3)31-12-37/h4-5,7-13H,6H2,1-3H3,(H,32,38)(H,35,36)(H,29,33,34). The molecule has 0 unspecified atom stereocenters. The van der Waals surface area contributed by atoms with Crippen LogP contribution >= 0.6 is 0 Å². The van der Waals surface area contributed by atoms with Gasteiger partial charge in [-0.3, -0.25) is 19.9 Å². The van der Waals surface area contributed by atoms with Crippen molar-refractivity contribution in [3.05, 3.63) is 61.0 Å². The van der Waals surface area contributed by atoms with Gasteiger partial charge >= 0.3 is 0 Å².